The van der Waals surface area contributed by atoms with Crippen LogP contribution in [-0.4, -0.2) is 26.6 Å². The van der Waals surface area contributed by atoms with Crippen LogP contribution in [0.25, 0.3) is 11.5 Å². The molecule has 1 aromatic carbocycles. The Morgan fingerprint density at radius 3 is 2.60 bits per heavy atom. The summed E-state index contributed by atoms with van der Waals surface area (Å²) in [4.78, 5) is 12.8. The second kappa shape index (κ2) is 5.26. The Hall–Kier alpha value is -1.85. The number of anilines is 1. The number of fused-ring (bicyclic) bond motifs is 1. The molecular weight excluding hydrogens is 297 g/mol. The van der Waals surface area contributed by atoms with Crippen LogP contribution in [0.5, 0.6) is 0 Å². The number of aromatic nitrogens is 4. The van der Waals surface area contributed by atoms with E-state index >= 15 is 0 Å². The average molecular weight is 308 g/mol. The zero-order valence-electron chi connectivity index (χ0n) is 10.6. The molecule has 3 rings (SSSR count). The summed E-state index contributed by atoms with van der Waals surface area (Å²) in [6.07, 6.45) is 3.21. The molecule has 0 atom stereocenters. The molecule has 0 radical (unpaired) electrons. The van der Waals surface area contributed by atoms with Crippen LogP contribution < -0.4 is 5.32 Å². The summed E-state index contributed by atoms with van der Waals surface area (Å²) in [7, 11) is 1.80. The highest BCUT2D eigenvalue weighted by Gasteiger charge is 2.17. The number of halogens is 2. The van der Waals surface area contributed by atoms with Gasteiger partial charge in [0.25, 0.3) is 0 Å². The van der Waals surface area contributed by atoms with Crippen LogP contribution in [-0.2, 0) is 6.54 Å². The topological polar surface area (TPSA) is 55.6 Å². The van der Waals surface area contributed by atoms with Gasteiger partial charge in [-0.1, -0.05) is 29.3 Å². The van der Waals surface area contributed by atoms with Gasteiger partial charge in [0, 0.05) is 22.7 Å². The molecule has 2 heterocycles. The Balaban J connectivity index is 2.06. The van der Waals surface area contributed by atoms with E-state index < -0.39 is 0 Å². The molecule has 0 amide bonds. The van der Waals surface area contributed by atoms with Crippen molar-refractivity contribution >= 4 is 29.0 Å². The van der Waals surface area contributed by atoms with Crippen molar-refractivity contribution in [1.29, 1.82) is 0 Å². The van der Waals surface area contributed by atoms with Gasteiger partial charge in [0.05, 0.1) is 12.9 Å². The fourth-order valence-corrected chi connectivity index (χ4v) is 2.55. The third kappa shape index (κ3) is 2.19. The summed E-state index contributed by atoms with van der Waals surface area (Å²) in [5, 5.41) is 4.23. The highest BCUT2D eigenvalue weighted by molar-refractivity contribution is 6.35. The number of nitrogens with one attached hydrogen (secondary N) is 1. The lowest BCUT2D eigenvalue weighted by molar-refractivity contribution is 0.762. The zero-order valence-corrected chi connectivity index (χ0v) is 12.2. The predicted octanol–water partition coefficient (Wildman–Crippen LogP) is 3.17. The summed E-state index contributed by atoms with van der Waals surface area (Å²) >= 11 is 12.4. The van der Waals surface area contributed by atoms with E-state index in [0.29, 0.717) is 22.4 Å². The SMILES string of the molecule is CNc1ncn(Cc2c(Cl)cccc2Cl)c2ncnc1-2. The van der Waals surface area contributed by atoms with E-state index in [1.807, 2.05) is 22.8 Å². The van der Waals surface area contributed by atoms with Gasteiger partial charge in [-0.05, 0) is 12.1 Å². The van der Waals surface area contributed by atoms with Crippen LogP contribution in [0.15, 0.2) is 30.9 Å². The molecule has 7 heteroatoms. The van der Waals surface area contributed by atoms with Gasteiger partial charge in [0.1, 0.15) is 12.0 Å². The number of imidazole rings is 1. The Kier molecular flexibility index (Phi) is 3.46. The van der Waals surface area contributed by atoms with Crippen molar-refractivity contribution in [2.24, 2.45) is 0 Å². The first kappa shape index (κ1) is 13.1. The predicted molar refractivity (Wildman–Crippen MR) is 79.5 cm³/mol. The maximum Gasteiger partial charge on any atom is 0.165 e. The Bertz CT molecular complexity index is 705. The molecule has 0 spiro atoms. The highest BCUT2D eigenvalue weighted by Crippen LogP contribution is 2.28. The van der Waals surface area contributed by atoms with E-state index in [0.717, 1.165) is 17.1 Å². The number of benzene rings is 1. The molecule has 0 saturated carbocycles. The van der Waals surface area contributed by atoms with E-state index in [1.165, 1.54) is 6.33 Å². The molecule has 0 fully saturated rings. The monoisotopic (exact) mass is 307 g/mol. The number of hydrogen-bond donors (Lipinski definition) is 1. The second-order valence-corrected chi connectivity index (χ2v) is 5.03. The molecule has 1 aromatic rings. The van der Waals surface area contributed by atoms with Gasteiger partial charge < -0.3 is 9.88 Å². The summed E-state index contributed by atoms with van der Waals surface area (Å²) in [6, 6.07) is 5.44. The maximum absolute atomic E-state index is 6.20. The van der Waals surface area contributed by atoms with Gasteiger partial charge >= 0.3 is 0 Å². The first-order valence-corrected chi connectivity index (χ1v) is 6.72. The van der Waals surface area contributed by atoms with Gasteiger partial charge in [-0.25, -0.2) is 15.0 Å². The van der Waals surface area contributed by atoms with Crippen LogP contribution in [0.3, 0.4) is 0 Å². The van der Waals surface area contributed by atoms with Crippen LogP contribution >= 0.6 is 23.2 Å². The van der Waals surface area contributed by atoms with Crippen LogP contribution in [0.4, 0.5) is 5.82 Å². The number of hydrogen-bond acceptors (Lipinski definition) is 4. The minimum absolute atomic E-state index is 0.491. The first-order valence-electron chi connectivity index (χ1n) is 5.97. The molecule has 1 N–H and O–H groups in total. The summed E-state index contributed by atoms with van der Waals surface area (Å²) in [5.74, 6) is 1.43. The first-order chi connectivity index (χ1) is 9.70. The fourth-order valence-electron chi connectivity index (χ4n) is 2.03. The minimum atomic E-state index is 0.491. The summed E-state index contributed by atoms with van der Waals surface area (Å²) < 4.78 is 1.87. The van der Waals surface area contributed by atoms with Gasteiger partial charge in [0.15, 0.2) is 11.6 Å². The van der Waals surface area contributed by atoms with Crippen molar-refractivity contribution in [2.45, 2.75) is 6.54 Å². The molecule has 0 unspecified atom stereocenters. The quantitative estimate of drug-likeness (QED) is 0.807. The third-order valence-electron chi connectivity index (χ3n) is 3.03. The van der Waals surface area contributed by atoms with Gasteiger partial charge in [-0.3, -0.25) is 0 Å². The summed E-state index contributed by atoms with van der Waals surface area (Å²) in [6.45, 7) is 0.491. The average Bonchev–Trinajstić information content (AvgIpc) is 2.92. The lowest BCUT2D eigenvalue weighted by Crippen LogP contribution is -2.09. The smallest absolute Gasteiger partial charge is 0.165 e. The van der Waals surface area contributed by atoms with E-state index in [2.05, 4.69) is 20.3 Å². The lowest BCUT2D eigenvalue weighted by atomic mass is 10.2. The van der Waals surface area contributed by atoms with Gasteiger partial charge in [-0.15, -0.1) is 0 Å². The Morgan fingerprint density at radius 2 is 1.90 bits per heavy atom. The molecule has 20 heavy (non-hydrogen) atoms. The highest BCUT2D eigenvalue weighted by atomic mass is 35.5. The zero-order chi connectivity index (χ0) is 14.1. The molecule has 2 aliphatic heterocycles. The fraction of sp³-hybridized carbons (Fsp3) is 0.154. The van der Waals surface area contributed by atoms with Gasteiger partial charge in [0.2, 0.25) is 0 Å². The molecule has 0 aliphatic carbocycles. The van der Waals surface area contributed by atoms with Crippen molar-refractivity contribution in [3.05, 3.63) is 46.5 Å². The van der Waals surface area contributed by atoms with Crippen molar-refractivity contribution in [3.63, 3.8) is 0 Å². The van der Waals surface area contributed by atoms with Crippen molar-refractivity contribution in [1.82, 2.24) is 19.5 Å². The molecule has 102 valence electrons. The standard InChI is InChI=1S/C13H11Cl2N5/c1-16-12-11-13(18-6-17-11)20(7-19-12)5-8-9(14)3-2-4-10(8)15/h2-4,6-7,16H,5H2,1H3. The molecule has 0 saturated heterocycles. The van der Waals surface area contributed by atoms with Gasteiger partial charge in [-0.2, -0.15) is 0 Å². The Labute approximate surface area is 125 Å². The number of nitrogens with zero attached hydrogens (tertiary/aromatic N) is 4. The van der Waals surface area contributed by atoms with Crippen molar-refractivity contribution < 1.29 is 0 Å². The molecule has 5 nitrogen and oxygen atoms in total. The largest absolute Gasteiger partial charge is 0.371 e. The van der Waals surface area contributed by atoms with E-state index in [9.17, 15) is 0 Å². The van der Waals surface area contributed by atoms with Crippen molar-refractivity contribution in [2.75, 3.05) is 12.4 Å². The summed E-state index contributed by atoms with van der Waals surface area (Å²) in [5.41, 5.74) is 1.56. The van der Waals surface area contributed by atoms with E-state index in [4.69, 9.17) is 23.2 Å². The molecular formula is C13H11Cl2N5. The van der Waals surface area contributed by atoms with E-state index in [1.54, 1.807) is 13.4 Å². The molecule has 0 aromatic heterocycles. The molecule has 0 bridgehead atoms. The molecule has 2 aliphatic rings. The van der Waals surface area contributed by atoms with E-state index in [-0.39, 0.29) is 0 Å². The third-order valence-corrected chi connectivity index (χ3v) is 3.74. The van der Waals surface area contributed by atoms with Crippen LogP contribution in [0.2, 0.25) is 10.0 Å². The minimum Gasteiger partial charge on any atom is -0.371 e. The van der Waals surface area contributed by atoms with Crippen LogP contribution in [0.1, 0.15) is 5.56 Å². The van der Waals surface area contributed by atoms with Crippen molar-refractivity contribution in [3.8, 4) is 11.5 Å². The lowest BCUT2D eigenvalue weighted by Gasteiger charge is -2.14. The normalized spacial score (nSPS) is 10.9. The maximum atomic E-state index is 6.20. The second-order valence-electron chi connectivity index (χ2n) is 4.22. The van der Waals surface area contributed by atoms with Crippen LogP contribution in [0, 0.1) is 0 Å². The number of rotatable bonds is 3. The Morgan fingerprint density at radius 1 is 1.15 bits per heavy atom.